The number of amides is 1. The van der Waals surface area contributed by atoms with Gasteiger partial charge in [0.25, 0.3) is 5.91 Å². The zero-order valence-electron chi connectivity index (χ0n) is 13.4. The summed E-state index contributed by atoms with van der Waals surface area (Å²) in [6, 6.07) is 13.0. The number of halogens is 1. The third-order valence-electron chi connectivity index (χ3n) is 4.35. The highest BCUT2D eigenvalue weighted by molar-refractivity contribution is 7.13. The maximum absolute atomic E-state index is 12.8. The number of piperidine rings is 1. The SMILES string of the molecule is O=C(c1cccc2nnsc12)N1CCC(Oc2ccc(Cl)cc2)CC1. The van der Waals surface area contributed by atoms with Crippen molar-refractivity contribution in [3.05, 3.63) is 53.1 Å². The average molecular weight is 374 g/mol. The molecule has 0 unspecified atom stereocenters. The topological polar surface area (TPSA) is 55.3 Å². The first kappa shape index (κ1) is 16.3. The lowest BCUT2D eigenvalue weighted by molar-refractivity contribution is 0.0597. The molecule has 0 bridgehead atoms. The van der Waals surface area contributed by atoms with Gasteiger partial charge in [0.15, 0.2) is 0 Å². The van der Waals surface area contributed by atoms with Gasteiger partial charge in [0.1, 0.15) is 17.4 Å². The Hall–Kier alpha value is -2.18. The van der Waals surface area contributed by atoms with Crippen LogP contribution in [0.25, 0.3) is 10.2 Å². The summed E-state index contributed by atoms with van der Waals surface area (Å²) < 4.78 is 10.8. The zero-order chi connectivity index (χ0) is 17.2. The van der Waals surface area contributed by atoms with E-state index in [4.69, 9.17) is 16.3 Å². The second-order valence-corrected chi connectivity index (χ2v) is 7.18. The first-order chi connectivity index (χ1) is 12.2. The molecule has 4 rings (SSSR count). The molecule has 1 aliphatic rings. The predicted octanol–water partition coefficient (Wildman–Crippen LogP) is 4.03. The van der Waals surface area contributed by atoms with Crippen molar-refractivity contribution in [2.45, 2.75) is 18.9 Å². The van der Waals surface area contributed by atoms with E-state index < -0.39 is 0 Å². The number of carbonyl (C=O) groups is 1. The average Bonchev–Trinajstić information content (AvgIpc) is 3.12. The Labute approximate surface area is 154 Å². The molecule has 2 aromatic carbocycles. The zero-order valence-corrected chi connectivity index (χ0v) is 15.0. The molecule has 3 aromatic rings. The predicted molar refractivity (Wildman–Crippen MR) is 98.4 cm³/mol. The van der Waals surface area contributed by atoms with Crippen LogP contribution in [0, 0.1) is 0 Å². The van der Waals surface area contributed by atoms with Crippen molar-refractivity contribution >= 4 is 39.3 Å². The normalized spacial score (nSPS) is 15.5. The second-order valence-electron chi connectivity index (χ2n) is 5.99. The largest absolute Gasteiger partial charge is 0.490 e. The number of nitrogens with zero attached hydrogens (tertiary/aromatic N) is 3. The summed E-state index contributed by atoms with van der Waals surface area (Å²) >= 11 is 7.16. The number of aromatic nitrogens is 2. The molecule has 2 heterocycles. The molecule has 0 saturated carbocycles. The number of ether oxygens (including phenoxy) is 1. The minimum absolute atomic E-state index is 0.0431. The number of hydrogen-bond donors (Lipinski definition) is 0. The monoisotopic (exact) mass is 373 g/mol. The number of carbonyl (C=O) groups excluding carboxylic acids is 1. The summed E-state index contributed by atoms with van der Waals surface area (Å²) in [5, 5.41) is 4.73. The number of benzene rings is 2. The number of fused-ring (bicyclic) bond motifs is 1. The second kappa shape index (κ2) is 6.98. The molecule has 0 spiro atoms. The fourth-order valence-corrected chi connectivity index (χ4v) is 3.82. The van der Waals surface area contributed by atoms with Gasteiger partial charge in [-0.15, -0.1) is 5.10 Å². The van der Waals surface area contributed by atoms with Gasteiger partial charge in [-0.25, -0.2) is 0 Å². The van der Waals surface area contributed by atoms with Gasteiger partial charge >= 0.3 is 0 Å². The molecule has 1 saturated heterocycles. The molecule has 0 radical (unpaired) electrons. The molecule has 0 atom stereocenters. The van der Waals surface area contributed by atoms with Crippen molar-refractivity contribution in [2.24, 2.45) is 0 Å². The van der Waals surface area contributed by atoms with E-state index in [1.54, 1.807) is 0 Å². The fraction of sp³-hybridized carbons (Fsp3) is 0.278. The molecule has 1 aromatic heterocycles. The Bertz CT molecular complexity index is 889. The summed E-state index contributed by atoms with van der Waals surface area (Å²) in [5.74, 6) is 0.858. The summed E-state index contributed by atoms with van der Waals surface area (Å²) in [6.07, 6.45) is 1.74. The molecule has 1 fully saturated rings. The Morgan fingerprint density at radius 1 is 1.16 bits per heavy atom. The van der Waals surface area contributed by atoms with E-state index in [1.807, 2.05) is 47.4 Å². The van der Waals surface area contributed by atoms with E-state index in [0.717, 1.165) is 28.8 Å². The molecule has 0 aliphatic carbocycles. The molecular weight excluding hydrogens is 358 g/mol. The highest BCUT2D eigenvalue weighted by atomic mass is 35.5. The van der Waals surface area contributed by atoms with Gasteiger partial charge in [-0.2, -0.15) is 0 Å². The molecule has 1 aliphatic heterocycles. The van der Waals surface area contributed by atoms with Crippen molar-refractivity contribution in [1.82, 2.24) is 14.5 Å². The van der Waals surface area contributed by atoms with Crippen LogP contribution >= 0.6 is 23.1 Å². The number of rotatable bonds is 3. The van der Waals surface area contributed by atoms with Crippen molar-refractivity contribution in [3.63, 3.8) is 0 Å². The fourth-order valence-electron chi connectivity index (χ4n) is 3.03. The van der Waals surface area contributed by atoms with Crippen LogP contribution in [0.4, 0.5) is 0 Å². The highest BCUT2D eigenvalue weighted by Gasteiger charge is 2.26. The quantitative estimate of drug-likeness (QED) is 0.695. The minimum Gasteiger partial charge on any atom is -0.490 e. The summed E-state index contributed by atoms with van der Waals surface area (Å²) in [7, 11) is 0. The Morgan fingerprint density at radius 3 is 2.68 bits per heavy atom. The van der Waals surface area contributed by atoms with Gasteiger partial charge in [0.05, 0.1) is 10.3 Å². The van der Waals surface area contributed by atoms with Gasteiger partial charge in [-0.3, -0.25) is 4.79 Å². The van der Waals surface area contributed by atoms with E-state index in [1.165, 1.54) is 11.5 Å². The Balaban J connectivity index is 1.40. The van der Waals surface area contributed by atoms with E-state index >= 15 is 0 Å². The molecule has 0 N–H and O–H groups in total. The van der Waals surface area contributed by atoms with Crippen LogP contribution in [-0.4, -0.2) is 39.6 Å². The maximum Gasteiger partial charge on any atom is 0.255 e. The lowest BCUT2D eigenvalue weighted by Gasteiger charge is -2.32. The minimum atomic E-state index is 0.0431. The summed E-state index contributed by atoms with van der Waals surface area (Å²) in [4.78, 5) is 14.7. The molecule has 7 heteroatoms. The van der Waals surface area contributed by atoms with Crippen molar-refractivity contribution < 1.29 is 9.53 Å². The lowest BCUT2D eigenvalue weighted by atomic mass is 10.1. The maximum atomic E-state index is 12.8. The van der Waals surface area contributed by atoms with E-state index in [2.05, 4.69) is 9.59 Å². The standard InChI is InChI=1S/C18H16ClN3O2S/c19-12-4-6-13(7-5-12)24-14-8-10-22(11-9-14)18(23)15-2-1-3-16-17(15)25-21-20-16/h1-7,14H,8-11H2. The number of hydrogen-bond acceptors (Lipinski definition) is 5. The first-order valence-electron chi connectivity index (χ1n) is 8.13. The third kappa shape index (κ3) is 3.45. The van der Waals surface area contributed by atoms with E-state index in [0.29, 0.717) is 23.7 Å². The number of likely N-dealkylation sites (tertiary alicyclic amines) is 1. The first-order valence-corrected chi connectivity index (χ1v) is 9.28. The van der Waals surface area contributed by atoms with Crippen LogP contribution in [-0.2, 0) is 0 Å². The van der Waals surface area contributed by atoms with Crippen molar-refractivity contribution in [3.8, 4) is 5.75 Å². The third-order valence-corrected chi connectivity index (χ3v) is 5.38. The van der Waals surface area contributed by atoms with Crippen LogP contribution in [0.2, 0.25) is 5.02 Å². The molecule has 128 valence electrons. The van der Waals surface area contributed by atoms with Gasteiger partial charge < -0.3 is 9.64 Å². The molecule has 5 nitrogen and oxygen atoms in total. The van der Waals surface area contributed by atoms with Crippen LogP contribution in [0.15, 0.2) is 42.5 Å². The van der Waals surface area contributed by atoms with Crippen LogP contribution in [0.3, 0.4) is 0 Å². The van der Waals surface area contributed by atoms with Gasteiger partial charge in [-0.05, 0) is 47.9 Å². The van der Waals surface area contributed by atoms with Gasteiger partial charge in [0, 0.05) is 31.0 Å². The van der Waals surface area contributed by atoms with E-state index in [9.17, 15) is 4.79 Å². The molecular formula is C18H16ClN3O2S. The molecule has 1 amide bonds. The van der Waals surface area contributed by atoms with Crippen molar-refractivity contribution in [2.75, 3.05) is 13.1 Å². The summed E-state index contributed by atoms with van der Waals surface area (Å²) in [6.45, 7) is 1.36. The summed E-state index contributed by atoms with van der Waals surface area (Å²) in [5.41, 5.74) is 1.46. The highest BCUT2D eigenvalue weighted by Crippen LogP contribution is 2.25. The molecule has 25 heavy (non-hydrogen) atoms. The van der Waals surface area contributed by atoms with Crippen molar-refractivity contribution in [1.29, 1.82) is 0 Å². The van der Waals surface area contributed by atoms with Crippen LogP contribution in [0.1, 0.15) is 23.2 Å². The Kier molecular flexibility index (Phi) is 4.55. The lowest BCUT2D eigenvalue weighted by Crippen LogP contribution is -2.41. The Morgan fingerprint density at radius 2 is 1.92 bits per heavy atom. The van der Waals surface area contributed by atoms with Crippen LogP contribution in [0.5, 0.6) is 5.75 Å². The van der Waals surface area contributed by atoms with Gasteiger partial charge in [-0.1, -0.05) is 22.2 Å². The van der Waals surface area contributed by atoms with Gasteiger partial charge in [0.2, 0.25) is 0 Å². The van der Waals surface area contributed by atoms with Crippen LogP contribution < -0.4 is 4.74 Å². The van der Waals surface area contributed by atoms with E-state index in [-0.39, 0.29) is 12.0 Å². The smallest absolute Gasteiger partial charge is 0.255 e.